The first-order valence-electron chi connectivity index (χ1n) is 7.94. The molecule has 2 aromatic carbocycles. The highest BCUT2D eigenvalue weighted by Crippen LogP contribution is 2.18. The van der Waals surface area contributed by atoms with E-state index in [1.54, 1.807) is 18.3 Å². The van der Waals surface area contributed by atoms with Crippen molar-refractivity contribution in [3.05, 3.63) is 77.1 Å². The van der Waals surface area contributed by atoms with Crippen molar-refractivity contribution in [2.75, 3.05) is 6.61 Å². The molecule has 4 heteroatoms. The summed E-state index contributed by atoms with van der Waals surface area (Å²) in [6.07, 6.45) is 4.52. The number of hydrogen-bond acceptors (Lipinski definition) is 3. The highest BCUT2D eigenvalue weighted by molar-refractivity contribution is 6.30. The fourth-order valence-electron chi connectivity index (χ4n) is 2.48. The number of hydrogen-bond donors (Lipinski definition) is 0. The van der Waals surface area contributed by atoms with E-state index >= 15 is 0 Å². The van der Waals surface area contributed by atoms with Crippen molar-refractivity contribution in [2.24, 2.45) is 0 Å². The Kier molecular flexibility index (Phi) is 5.66. The third-order valence-electron chi connectivity index (χ3n) is 3.73. The van der Waals surface area contributed by atoms with Crippen molar-refractivity contribution in [2.45, 2.75) is 12.8 Å². The van der Waals surface area contributed by atoms with Crippen LogP contribution in [0, 0.1) is 11.8 Å². The lowest BCUT2D eigenvalue weighted by Crippen LogP contribution is -2.06. The number of fused-ring (bicyclic) bond motifs is 1. The van der Waals surface area contributed by atoms with Gasteiger partial charge in [0.15, 0.2) is 6.61 Å². The Morgan fingerprint density at radius 3 is 2.72 bits per heavy atom. The summed E-state index contributed by atoms with van der Waals surface area (Å²) in [5.74, 6) is 5.50. The molecule has 3 nitrogen and oxygen atoms in total. The van der Waals surface area contributed by atoms with Crippen LogP contribution in [0.25, 0.3) is 10.8 Å². The maximum atomic E-state index is 11.9. The van der Waals surface area contributed by atoms with Crippen LogP contribution in [-0.4, -0.2) is 17.6 Å². The number of carbonyl (C=O) groups excluding carboxylic acids is 1. The van der Waals surface area contributed by atoms with Crippen LogP contribution in [-0.2, 0) is 16.0 Å². The second-order valence-electron chi connectivity index (χ2n) is 5.49. The normalized spacial score (nSPS) is 10.1. The zero-order chi connectivity index (χ0) is 17.5. The zero-order valence-corrected chi connectivity index (χ0v) is 14.3. The molecule has 124 valence electrons. The van der Waals surface area contributed by atoms with Gasteiger partial charge in [0.1, 0.15) is 0 Å². The first-order chi connectivity index (χ1) is 12.2. The molecule has 0 atom stereocenters. The quantitative estimate of drug-likeness (QED) is 0.517. The average Bonchev–Trinajstić information content (AvgIpc) is 2.65. The first kappa shape index (κ1) is 17.0. The van der Waals surface area contributed by atoms with E-state index in [0.29, 0.717) is 17.9 Å². The molecule has 3 aromatic rings. The van der Waals surface area contributed by atoms with Crippen LogP contribution >= 0.6 is 11.6 Å². The van der Waals surface area contributed by atoms with Gasteiger partial charge in [-0.25, -0.2) is 0 Å². The lowest BCUT2D eigenvalue weighted by molar-refractivity contribution is -0.142. The minimum Gasteiger partial charge on any atom is -0.452 e. The van der Waals surface area contributed by atoms with Crippen LogP contribution in [0.15, 0.2) is 60.9 Å². The van der Waals surface area contributed by atoms with Crippen molar-refractivity contribution in [1.82, 2.24) is 4.98 Å². The maximum absolute atomic E-state index is 11.9. The highest BCUT2D eigenvalue weighted by Gasteiger charge is 2.06. The summed E-state index contributed by atoms with van der Waals surface area (Å²) >= 11 is 5.81. The smallest absolute Gasteiger partial charge is 0.307 e. The van der Waals surface area contributed by atoms with E-state index in [1.807, 2.05) is 42.6 Å². The fraction of sp³-hybridized carbons (Fsp3) is 0.143. The molecular formula is C21H16ClNO2. The largest absolute Gasteiger partial charge is 0.452 e. The monoisotopic (exact) mass is 349 g/mol. The minimum atomic E-state index is -0.265. The van der Waals surface area contributed by atoms with Crippen molar-refractivity contribution in [1.29, 1.82) is 0 Å². The Balaban J connectivity index is 1.51. The molecule has 0 radical (unpaired) electrons. The van der Waals surface area contributed by atoms with Crippen molar-refractivity contribution in [3.8, 4) is 11.8 Å². The summed E-state index contributed by atoms with van der Waals surface area (Å²) in [7, 11) is 0. The van der Waals surface area contributed by atoms with Gasteiger partial charge in [-0.05, 0) is 41.6 Å². The summed E-state index contributed by atoms with van der Waals surface area (Å²) in [5, 5.41) is 2.86. The molecule has 25 heavy (non-hydrogen) atoms. The van der Waals surface area contributed by atoms with Gasteiger partial charge in [0.2, 0.25) is 0 Å². The molecule has 0 unspecified atom stereocenters. The van der Waals surface area contributed by atoms with E-state index < -0.39 is 0 Å². The van der Waals surface area contributed by atoms with Crippen LogP contribution in [0.5, 0.6) is 0 Å². The van der Waals surface area contributed by atoms with Crippen LogP contribution in [0.2, 0.25) is 5.02 Å². The number of esters is 1. The van der Waals surface area contributed by atoms with Gasteiger partial charge in [-0.3, -0.25) is 9.78 Å². The molecule has 0 aliphatic rings. The Labute approximate surface area is 151 Å². The van der Waals surface area contributed by atoms with Gasteiger partial charge in [-0.15, -0.1) is 0 Å². The summed E-state index contributed by atoms with van der Waals surface area (Å²) in [6.45, 7) is 0.0786. The zero-order valence-electron chi connectivity index (χ0n) is 13.5. The van der Waals surface area contributed by atoms with Gasteiger partial charge >= 0.3 is 5.97 Å². The molecule has 0 saturated heterocycles. The SMILES string of the molecule is O=C(CCc1cncc2ccccc12)OCC#Cc1ccc(Cl)cc1. The van der Waals surface area contributed by atoms with Crippen LogP contribution in [0.3, 0.4) is 0 Å². The van der Waals surface area contributed by atoms with E-state index in [-0.39, 0.29) is 12.6 Å². The molecule has 0 saturated carbocycles. The predicted molar refractivity (Wildman–Crippen MR) is 99.4 cm³/mol. The number of pyridine rings is 1. The molecule has 0 spiro atoms. The maximum Gasteiger partial charge on any atom is 0.307 e. The standard InChI is InChI=1S/C21H16ClNO2/c22-19-10-7-16(8-11-19)4-3-13-25-21(24)12-9-18-15-23-14-17-5-1-2-6-20(17)18/h1-2,5-8,10-11,14-15H,9,12-13H2. The van der Waals surface area contributed by atoms with E-state index in [4.69, 9.17) is 16.3 Å². The molecule has 1 aromatic heterocycles. The molecule has 0 amide bonds. The molecule has 0 N–H and O–H groups in total. The molecule has 0 aliphatic carbocycles. The number of nitrogens with zero attached hydrogens (tertiary/aromatic N) is 1. The first-order valence-corrected chi connectivity index (χ1v) is 8.32. The number of benzene rings is 2. The third kappa shape index (κ3) is 4.82. The molecular weight excluding hydrogens is 334 g/mol. The van der Waals surface area contributed by atoms with Gasteiger partial charge < -0.3 is 4.74 Å². The number of rotatable bonds is 4. The highest BCUT2D eigenvalue weighted by atomic mass is 35.5. The van der Waals surface area contributed by atoms with Crippen LogP contribution in [0.1, 0.15) is 17.5 Å². The van der Waals surface area contributed by atoms with Gasteiger partial charge in [0.05, 0.1) is 0 Å². The van der Waals surface area contributed by atoms with Gasteiger partial charge in [0.25, 0.3) is 0 Å². The topological polar surface area (TPSA) is 39.2 Å². The number of halogens is 1. The van der Waals surface area contributed by atoms with Crippen molar-refractivity contribution < 1.29 is 9.53 Å². The molecule has 0 aliphatic heterocycles. The lowest BCUT2D eigenvalue weighted by Gasteiger charge is -2.05. The Bertz CT molecular complexity index is 934. The third-order valence-corrected chi connectivity index (χ3v) is 3.98. The minimum absolute atomic E-state index is 0.0786. The molecule has 1 heterocycles. The van der Waals surface area contributed by atoms with Gasteiger partial charge in [-0.1, -0.05) is 47.7 Å². The van der Waals surface area contributed by atoms with Crippen molar-refractivity contribution in [3.63, 3.8) is 0 Å². The lowest BCUT2D eigenvalue weighted by atomic mass is 10.0. The number of carbonyl (C=O) groups is 1. The summed E-state index contributed by atoms with van der Waals surface area (Å²) in [6, 6.07) is 15.2. The van der Waals surface area contributed by atoms with Gasteiger partial charge in [-0.2, -0.15) is 0 Å². The molecule has 0 bridgehead atoms. The number of aromatic nitrogens is 1. The van der Waals surface area contributed by atoms with Crippen LogP contribution in [0.4, 0.5) is 0 Å². The van der Waals surface area contributed by atoms with E-state index in [1.165, 1.54) is 0 Å². The average molecular weight is 350 g/mol. The Morgan fingerprint density at radius 2 is 1.88 bits per heavy atom. The summed E-state index contributed by atoms with van der Waals surface area (Å²) in [5.41, 5.74) is 1.88. The summed E-state index contributed by atoms with van der Waals surface area (Å²) < 4.78 is 5.16. The second kappa shape index (κ2) is 8.32. The van der Waals surface area contributed by atoms with Crippen LogP contribution < -0.4 is 0 Å². The van der Waals surface area contributed by atoms with E-state index in [0.717, 1.165) is 21.9 Å². The van der Waals surface area contributed by atoms with Crippen molar-refractivity contribution >= 4 is 28.3 Å². The molecule has 0 fully saturated rings. The Morgan fingerprint density at radius 1 is 1.08 bits per heavy atom. The predicted octanol–water partition coefficient (Wildman–Crippen LogP) is 4.42. The second-order valence-corrected chi connectivity index (χ2v) is 5.93. The summed E-state index contributed by atoms with van der Waals surface area (Å²) in [4.78, 5) is 16.1. The van der Waals surface area contributed by atoms with Gasteiger partial charge in [0, 0.05) is 34.8 Å². The number of ether oxygens (including phenoxy) is 1. The fourth-order valence-corrected chi connectivity index (χ4v) is 2.60. The van der Waals surface area contributed by atoms with E-state index in [2.05, 4.69) is 16.8 Å². The Hall–Kier alpha value is -2.83. The number of aryl methyl sites for hydroxylation is 1. The van der Waals surface area contributed by atoms with E-state index in [9.17, 15) is 4.79 Å². The molecule has 3 rings (SSSR count).